The average molecular weight is 561 g/mol. The number of hydrogen-bond acceptors (Lipinski definition) is 9. The summed E-state index contributed by atoms with van der Waals surface area (Å²) in [6, 6.07) is 8.63. The first-order valence-electron chi connectivity index (χ1n) is 11.8. The number of carbonyl (C=O) groups is 1. The molecule has 0 fully saturated rings. The number of esters is 1. The molecule has 0 amide bonds. The SMILES string of the molecule is CCOC(=O)C1=C(C)N=c2s/c(=C/c3ccc(OC(F)F)c(OC)c3)c(=O)n2[C@@H]1c1ccc(OC)c(OC)c1. The monoisotopic (exact) mass is 560 g/mol. The molecule has 0 aliphatic carbocycles. The Labute approximate surface area is 226 Å². The molecule has 1 aliphatic rings. The van der Waals surface area contributed by atoms with Gasteiger partial charge in [0, 0.05) is 0 Å². The van der Waals surface area contributed by atoms with Gasteiger partial charge in [-0.1, -0.05) is 23.5 Å². The molecule has 0 unspecified atom stereocenters. The van der Waals surface area contributed by atoms with Gasteiger partial charge in [-0.3, -0.25) is 9.36 Å². The van der Waals surface area contributed by atoms with Crippen LogP contribution in [0.3, 0.4) is 0 Å². The lowest BCUT2D eigenvalue weighted by atomic mass is 9.95. The van der Waals surface area contributed by atoms with Crippen LogP contribution >= 0.6 is 11.3 Å². The van der Waals surface area contributed by atoms with Crippen molar-refractivity contribution in [2.24, 2.45) is 4.99 Å². The van der Waals surface area contributed by atoms with Crippen LogP contribution in [0.15, 0.2) is 57.5 Å². The van der Waals surface area contributed by atoms with Gasteiger partial charge < -0.3 is 23.7 Å². The second kappa shape index (κ2) is 11.7. The number of hydrogen-bond donors (Lipinski definition) is 0. The number of alkyl halides is 2. The van der Waals surface area contributed by atoms with E-state index in [-0.39, 0.29) is 23.7 Å². The molecular weight excluding hydrogens is 534 g/mol. The Kier molecular flexibility index (Phi) is 8.34. The zero-order valence-electron chi connectivity index (χ0n) is 21.8. The molecule has 2 heterocycles. The molecule has 3 aromatic rings. The standard InChI is InChI=1S/C27H26F2N2O7S/c1-6-37-25(33)22-14(2)30-27-31(23(22)16-8-10-17(34-3)20(13-16)36-5)24(32)21(39-27)12-15-7-9-18(38-26(28)29)19(11-15)35-4/h7-13,23,26H,6H2,1-5H3/b21-12+/t23-/m1/s1. The highest BCUT2D eigenvalue weighted by atomic mass is 32.1. The van der Waals surface area contributed by atoms with Crippen LogP contribution in [0.2, 0.25) is 0 Å². The van der Waals surface area contributed by atoms with Crippen LogP contribution in [0, 0.1) is 0 Å². The number of nitrogens with zero attached hydrogens (tertiary/aromatic N) is 2. The van der Waals surface area contributed by atoms with Crippen molar-refractivity contribution in [2.45, 2.75) is 26.5 Å². The number of benzene rings is 2. The third-order valence-corrected chi connectivity index (χ3v) is 6.92. The summed E-state index contributed by atoms with van der Waals surface area (Å²) in [5.74, 6) is 0.273. The first-order valence-corrected chi connectivity index (χ1v) is 12.6. The van der Waals surface area contributed by atoms with Crippen LogP contribution in [-0.4, -0.2) is 45.1 Å². The number of thiazole rings is 1. The normalized spacial score (nSPS) is 15.1. The Morgan fingerprint density at radius 1 is 1.05 bits per heavy atom. The van der Waals surface area contributed by atoms with E-state index in [0.717, 1.165) is 11.3 Å². The topological polar surface area (TPSA) is 97.6 Å². The summed E-state index contributed by atoms with van der Waals surface area (Å²) in [6.45, 7) is 0.511. The minimum atomic E-state index is -3.01. The van der Waals surface area contributed by atoms with E-state index in [2.05, 4.69) is 9.73 Å². The van der Waals surface area contributed by atoms with E-state index in [1.54, 1.807) is 38.1 Å². The van der Waals surface area contributed by atoms with Crippen LogP contribution in [0.5, 0.6) is 23.0 Å². The Morgan fingerprint density at radius 3 is 2.36 bits per heavy atom. The third-order valence-electron chi connectivity index (χ3n) is 5.94. The number of ether oxygens (including phenoxy) is 5. The predicted octanol–water partition coefficient (Wildman–Crippen LogP) is 3.43. The maximum Gasteiger partial charge on any atom is 0.387 e. The van der Waals surface area contributed by atoms with E-state index < -0.39 is 24.2 Å². The number of carbonyl (C=O) groups excluding carboxylic acids is 1. The third kappa shape index (κ3) is 5.51. The summed E-state index contributed by atoms with van der Waals surface area (Å²) >= 11 is 1.13. The molecule has 0 spiro atoms. The fourth-order valence-corrected chi connectivity index (χ4v) is 5.30. The van der Waals surface area contributed by atoms with Crippen molar-refractivity contribution in [3.63, 3.8) is 0 Å². The summed E-state index contributed by atoms with van der Waals surface area (Å²) in [5.41, 5.74) is 1.34. The second-order valence-corrected chi connectivity index (χ2v) is 9.21. The molecule has 0 bridgehead atoms. The lowest BCUT2D eigenvalue weighted by Crippen LogP contribution is -2.39. The lowest BCUT2D eigenvalue weighted by molar-refractivity contribution is -0.139. The summed E-state index contributed by atoms with van der Waals surface area (Å²) in [6.07, 6.45) is 1.59. The maximum atomic E-state index is 13.8. The number of halogens is 2. The number of aromatic nitrogens is 1. The number of allylic oxidation sites excluding steroid dienone is 1. The van der Waals surface area contributed by atoms with Crippen LogP contribution < -0.4 is 33.8 Å². The van der Waals surface area contributed by atoms with Gasteiger partial charge >= 0.3 is 12.6 Å². The average Bonchev–Trinajstić information content (AvgIpc) is 3.21. The molecule has 1 aliphatic heterocycles. The van der Waals surface area contributed by atoms with E-state index in [9.17, 15) is 18.4 Å². The Hall–Kier alpha value is -4.19. The molecule has 12 heteroatoms. The van der Waals surface area contributed by atoms with Crippen molar-refractivity contribution < 1.29 is 37.3 Å². The number of methoxy groups -OCH3 is 3. The Balaban J connectivity index is 1.91. The van der Waals surface area contributed by atoms with Crippen molar-refractivity contribution in [3.8, 4) is 23.0 Å². The zero-order chi connectivity index (χ0) is 28.3. The van der Waals surface area contributed by atoms with Gasteiger partial charge in [-0.25, -0.2) is 9.79 Å². The van der Waals surface area contributed by atoms with Crippen LogP contribution in [0.25, 0.3) is 6.08 Å². The molecule has 4 rings (SSSR count). The molecule has 1 aromatic heterocycles. The first kappa shape index (κ1) is 27.8. The van der Waals surface area contributed by atoms with Gasteiger partial charge in [0.05, 0.1) is 49.8 Å². The Morgan fingerprint density at radius 2 is 1.72 bits per heavy atom. The van der Waals surface area contributed by atoms with Crippen LogP contribution in [-0.2, 0) is 9.53 Å². The second-order valence-electron chi connectivity index (χ2n) is 8.21. The lowest BCUT2D eigenvalue weighted by Gasteiger charge is -2.25. The van der Waals surface area contributed by atoms with Crippen molar-refractivity contribution in [1.29, 1.82) is 0 Å². The minimum Gasteiger partial charge on any atom is -0.493 e. The molecular formula is C27H26F2N2O7S. The van der Waals surface area contributed by atoms with Gasteiger partial charge in [-0.2, -0.15) is 8.78 Å². The van der Waals surface area contributed by atoms with Crippen molar-refractivity contribution in [2.75, 3.05) is 27.9 Å². The van der Waals surface area contributed by atoms with Crippen molar-refractivity contribution in [3.05, 3.63) is 78.5 Å². The van der Waals surface area contributed by atoms with Crippen molar-refractivity contribution >= 4 is 23.4 Å². The first-order chi connectivity index (χ1) is 18.7. The Bertz CT molecular complexity index is 1610. The smallest absolute Gasteiger partial charge is 0.387 e. The highest BCUT2D eigenvalue weighted by Crippen LogP contribution is 2.36. The maximum absolute atomic E-state index is 13.8. The number of fused-ring (bicyclic) bond motifs is 1. The molecule has 0 saturated heterocycles. The van der Waals surface area contributed by atoms with E-state index in [1.165, 1.54) is 44.1 Å². The minimum absolute atomic E-state index is 0.0838. The van der Waals surface area contributed by atoms with Gasteiger partial charge in [0.15, 0.2) is 27.8 Å². The van der Waals surface area contributed by atoms with Gasteiger partial charge in [0.1, 0.15) is 0 Å². The van der Waals surface area contributed by atoms with Crippen molar-refractivity contribution in [1.82, 2.24) is 4.57 Å². The van der Waals surface area contributed by atoms with Crippen LogP contribution in [0.4, 0.5) is 8.78 Å². The molecule has 206 valence electrons. The molecule has 0 saturated carbocycles. The van der Waals surface area contributed by atoms with Crippen LogP contribution in [0.1, 0.15) is 31.0 Å². The van der Waals surface area contributed by atoms with Gasteiger partial charge in [-0.05, 0) is 55.3 Å². The van der Waals surface area contributed by atoms with Gasteiger partial charge in [0.25, 0.3) is 5.56 Å². The van der Waals surface area contributed by atoms with E-state index in [1.807, 2.05) is 0 Å². The summed E-state index contributed by atoms with van der Waals surface area (Å²) in [5, 5.41) is 0. The zero-order valence-corrected chi connectivity index (χ0v) is 22.6. The fraction of sp³-hybridized carbons (Fsp3) is 0.296. The van der Waals surface area contributed by atoms with Gasteiger partial charge in [-0.15, -0.1) is 0 Å². The van der Waals surface area contributed by atoms with E-state index in [0.29, 0.717) is 37.7 Å². The molecule has 2 aromatic carbocycles. The van der Waals surface area contributed by atoms with E-state index in [4.69, 9.17) is 18.9 Å². The number of rotatable bonds is 9. The largest absolute Gasteiger partial charge is 0.493 e. The highest BCUT2D eigenvalue weighted by Gasteiger charge is 2.34. The summed E-state index contributed by atoms with van der Waals surface area (Å²) in [7, 11) is 4.33. The van der Waals surface area contributed by atoms with Gasteiger partial charge in [0.2, 0.25) is 0 Å². The molecule has 1 atom stereocenters. The molecule has 9 nitrogen and oxygen atoms in total. The van der Waals surface area contributed by atoms with E-state index >= 15 is 0 Å². The summed E-state index contributed by atoms with van der Waals surface area (Å²) < 4.78 is 52.9. The molecule has 0 N–H and O–H groups in total. The summed E-state index contributed by atoms with van der Waals surface area (Å²) in [4.78, 5) is 31.8. The molecule has 39 heavy (non-hydrogen) atoms. The molecule has 0 radical (unpaired) electrons. The predicted molar refractivity (Wildman–Crippen MR) is 140 cm³/mol. The highest BCUT2D eigenvalue weighted by molar-refractivity contribution is 7.07. The fourth-order valence-electron chi connectivity index (χ4n) is 4.25. The quantitative estimate of drug-likeness (QED) is 0.370.